The number of imidazole rings is 1. The molecule has 1 aromatic heterocycles. The van der Waals surface area contributed by atoms with E-state index in [4.69, 9.17) is 0 Å². The van der Waals surface area contributed by atoms with E-state index in [1.807, 2.05) is 13.4 Å². The molecule has 1 aliphatic rings. The van der Waals surface area contributed by atoms with E-state index in [1.165, 1.54) is 35.5 Å². The molecular weight excluding hydrogens is 234 g/mol. The molecule has 3 rings (SSSR count). The molecule has 19 heavy (non-hydrogen) atoms. The van der Waals surface area contributed by atoms with Gasteiger partial charge in [-0.2, -0.15) is 0 Å². The van der Waals surface area contributed by atoms with Crippen LogP contribution in [0.1, 0.15) is 42.8 Å². The Morgan fingerprint density at radius 2 is 2.11 bits per heavy atom. The summed E-state index contributed by atoms with van der Waals surface area (Å²) in [6.07, 6.45) is 6.83. The molecule has 0 saturated heterocycles. The van der Waals surface area contributed by atoms with Crippen LogP contribution in [0.5, 0.6) is 0 Å². The van der Waals surface area contributed by atoms with Crippen LogP contribution >= 0.6 is 0 Å². The monoisotopic (exact) mass is 255 g/mol. The summed E-state index contributed by atoms with van der Waals surface area (Å²) in [4.78, 5) is 4.58. The third-order valence-corrected chi connectivity index (χ3v) is 4.11. The topological polar surface area (TPSA) is 29.9 Å². The van der Waals surface area contributed by atoms with E-state index in [0.29, 0.717) is 6.04 Å². The van der Waals surface area contributed by atoms with Crippen LogP contribution in [0.25, 0.3) is 5.69 Å². The summed E-state index contributed by atoms with van der Waals surface area (Å²) in [6.45, 7) is 2.18. The number of hydrogen-bond acceptors (Lipinski definition) is 2. The van der Waals surface area contributed by atoms with E-state index in [-0.39, 0.29) is 0 Å². The van der Waals surface area contributed by atoms with Gasteiger partial charge in [0.05, 0.1) is 12.0 Å². The van der Waals surface area contributed by atoms with E-state index in [2.05, 4.69) is 46.1 Å². The molecule has 1 aliphatic carbocycles. The maximum Gasteiger partial charge on any atom is 0.0997 e. The molecule has 0 radical (unpaired) electrons. The third-order valence-electron chi connectivity index (χ3n) is 4.11. The molecular formula is C16H21N3. The first-order valence-corrected chi connectivity index (χ1v) is 7.12. The van der Waals surface area contributed by atoms with Gasteiger partial charge in [0.2, 0.25) is 0 Å². The third kappa shape index (κ3) is 2.30. The molecule has 0 spiro atoms. The number of fused-ring (bicyclic) bond motifs is 1. The summed E-state index contributed by atoms with van der Waals surface area (Å²) in [7, 11) is 2.00. The molecule has 100 valence electrons. The van der Waals surface area contributed by atoms with Crippen molar-refractivity contribution in [2.75, 3.05) is 7.05 Å². The van der Waals surface area contributed by atoms with Gasteiger partial charge in [0.1, 0.15) is 0 Å². The second-order valence-electron chi connectivity index (χ2n) is 5.32. The highest BCUT2D eigenvalue weighted by atomic mass is 15.1. The molecule has 3 heteroatoms. The lowest BCUT2D eigenvalue weighted by molar-refractivity contribution is 0.648. The molecule has 0 fully saturated rings. The molecule has 1 aromatic carbocycles. The summed E-state index contributed by atoms with van der Waals surface area (Å²) < 4.78 is 2.26. The van der Waals surface area contributed by atoms with Crippen LogP contribution in [-0.4, -0.2) is 16.6 Å². The van der Waals surface area contributed by atoms with Crippen LogP contribution in [-0.2, 0) is 12.8 Å². The fourth-order valence-electron chi connectivity index (χ4n) is 2.80. The second kappa shape index (κ2) is 5.17. The second-order valence-corrected chi connectivity index (χ2v) is 5.32. The number of rotatable bonds is 3. The molecule has 1 N–H and O–H groups in total. The van der Waals surface area contributed by atoms with Crippen LogP contribution in [0.15, 0.2) is 30.6 Å². The molecule has 1 unspecified atom stereocenters. The van der Waals surface area contributed by atoms with Crippen molar-refractivity contribution < 1.29 is 0 Å². The van der Waals surface area contributed by atoms with E-state index in [1.54, 1.807) is 0 Å². The molecule has 0 amide bonds. The van der Waals surface area contributed by atoms with Crippen molar-refractivity contribution >= 4 is 0 Å². The summed E-state index contributed by atoms with van der Waals surface area (Å²) in [6, 6.07) is 9.11. The average Bonchev–Trinajstić information content (AvgIpc) is 2.90. The van der Waals surface area contributed by atoms with Crippen molar-refractivity contribution in [1.82, 2.24) is 14.9 Å². The number of nitrogens with zero attached hydrogens (tertiary/aromatic N) is 2. The van der Waals surface area contributed by atoms with Crippen LogP contribution < -0.4 is 5.32 Å². The Balaban J connectivity index is 2.00. The quantitative estimate of drug-likeness (QED) is 0.913. The smallest absolute Gasteiger partial charge is 0.0997 e. The number of nitrogens with one attached hydrogen (secondary N) is 1. The fraction of sp³-hybridized carbons (Fsp3) is 0.438. The van der Waals surface area contributed by atoms with Gasteiger partial charge in [0, 0.05) is 17.4 Å². The summed E-state index contributed by atoms with van der Waals surface area (Å²) in [5, 5.41) is 3.29. The Kier molecular flexibility index (Phi) is 3.38. The molecule has 0 bridgehead atoms. The van der Waals surface area contributed by atoms with Gasteiger partial charge in [-0.25, -0.2) is 4.98 Å². The predicted molar refractivity (Wildman–Crippen MR) is 77.7 cm³/mol. The van der Waals surface area contributed by atoms with Gasteiger partial charge in [-0.05, 0) is 57.4 Å². The number of aryl methyl sites for hydroxylation is 1. The maximum absolute atomic E-state index is 4.58. The first-order chi connectivity index (χ1) is 9.29. The normalized spacial score (nSPS) is 16.1. The largest absolute Gasteiger partial charge is 0.313 e. The lowest BCUT2D eigenvalue weighted by Crippen LogP contribution is -2.13. The Morgan fingerprint density at radius 1 is 1.26 bits per heavy atom. The summed E-state index contributed by atoms with van der Waals surface area (Å²) >= 11 is 0. The van der Waals surface area contributed by atoms with Crippen molar-refractivity contribution in [3.63, 3.8) is 0 Å². The van der Waals surface area contributed by atoms with Crippen molar-refractivity contribution in [3.8, 4) is 5.69 Å². The van der Waals surface area contributed by atoms with E-state index < -0.39 is 0 Å². The zero-order valence-corrected chi connectivity index (χ0v) is 11.7. The Morgan fingerprint density at radius 3 is 2.95 bits per heavy atom. The Labute approximate surface area is 114 Å². The molecule has 0 aliphatic heterocycles. The zero-order valence-electron chi connectivity index (χ0n) is 11.7. The van der Waals surface area contributed by atoms with Gasteiger partial charge in [0.15, 0.2) is 0 Å². The Hall–Kier alpha value is -1.61. The minimum Gasteiger partial charge on any atom is -0.313 e. The maximum atomic E-state index is 4.58. The van der Waals surface area contributed by atoms with Crippen molar-refractivity contribution in [2.45, 2.75) is 38.6 Å². The first-order valence-electron chi connectivity index (χ1n) is 7.12. The van der Waals surface area contributed by atoms with E-state index in [0.717, 1.165) is 12.8 Å². The van der Waals surface area contributed by atoms with Crippen molar-refractivity contribution in [1.29, 1.82) is 0 Å². The van der Waals surface area contributed by atoms with Crippen molar-refractivity contribution in [3.05, 3.63) is 47.5 Å². The molecule has 2 aromatic rings. The zero-order chi connectivity index (χ0) is 13.2. The van der Waals surface area contributed by atoms with Gasteiger partial charge < -0.3 is 9.88 Å². The van der Waals surface area contributed by atoms with Crippen molar-refractivity contribution in [2.24, 2.45) is 0 Å². The fourth-order valence-corrected chi connectivity index (χ4v) is 2.80. The molecule has 0 saturated carbocycles. The first kappa shape index (κ1) is 12.4. The number of benzene rings is 1. The minimum atomic E-state index is 0.374. The van der Waals surface area contributed by atoms with E-state index >= 15 is 0 Å². The van der Waals surface area contributed by atoms with Crippen LogP contribution in [0.4, 0.5) is 0 Å². The summed E-state index contributed by atoms with van der Waals surface area (Å²) in [5.74, 6) is 0. The summed E-state index contributed by atoms with van der Waals surface area (Å²) in [5.41, 5.74) is 5.24. The highest BCUT2D eigenvalue weighted by Gasteiger charge is 2.16. The molecule has 1 heterocycles. The number of hydrogen-bond donors (Lipinski definition) is 1. The van der Waals surface area contributed by atoms with E-state index in [9.17, 15) is 0 Å². The lowest BCUT2D eigenvalue weighted by Gasteiger charge is -2.16. The van der Waals surface area contributed by atoms with Crippen LogP contribution in [0, 0.1) is 0 Å². The van der Waals surface area contributed by atoms with Crippen LogP contribution in [0.3, 0.4) is 0 Å². The standard InChI is InChI=1S/C16H21N3/c1-12(17-2)13-6-5-7-14(10-13)19-11-18-15-8-3-4-9-16(15)19/h5-7,10-12,17H,3-4,8-9H2,1-2H3. The minimum absolute atomic E-state index is 0.374. The van der Waals surface area contributed by atoms with Gasteiger partial charge in [-0.1, -0.05) is 12.1 Å². The van der Waals surface area contributed by atoms with Crippen LogP contribution in [0.2, 0.25) is 0 Å². The molecule has 1 atom stereocenters. The van der Waals surface area contributed by atoms with Gasteiger partial charge >= 0.3 is 0 Å². The van der Waals surface area contributed by atoms with Gasteiger partial charge in [0.25, 0.3) is 0 Å². The number of aromatic nitrogens is 2. The highest BCUT2D eigenvalue weighted by molar-refractivity contribution is 5.40. The highest BCUT2D eigenvalue weighted by Crippen LogP contribution is 2.24. The lowest BCUT2D eigenvalue weighted by atomic mass is 10.0. The van der Waals surface area contributed by atoms with Gasteiger partial charge in [-0.3, -0.25) is 0 Å². The molecule has 3 nitrogen and oxygen atoms in total. The Bertz CT molecular complexity index is 571. The average molecular weight is 255 g/mol. The SMILES string of the molecule is CNC(C)c1cccc(-n2cnc3c2CCCC3)c1. The van der Waals surface area contributed by atoms with Gasteiger partial charge in [-0.15, -0.1) is 0 Å². The predicted octanol–water partition coefficient (Wildman–Crippen LogP) is 3.03.